The van der Waals surface area contributed by atoms with Gasteiger partial charge in [-0.2, -0.15) is 0 Å². The quantitative estimate of drug-likeness (QED) is 0.142. The SMILES string of the molecule is COc1ccc(OC)c(N(CC(=O)N(Cc2cccc(Cl)c2)[C@@H](Cc2ccccc2)C(=O)NC2CCCC2)S(=O)(=O)c2ccc(OC)c(OC)c2)c1. The molecule has 1 saturated carbocycles. The molecule has 1 aliphatic rings. The van der Waals surface area contributed by atoms with Crippen LogP contribution >= 0.6 is 11.6 Å². The molecular formula is C39H44ClN3O8S. The molecule has 0 heterocycles. The molecule has 0 radical (unpaired) electrons. The van der Waals surface area contributed by atoms with E-state index in [-0.39, 0.29) is 47.0 Å². The third-order valence-electron chi connectivity index (χ3n) is 9.09. The average Bonchev–Trinajstić information content (AvgIpc) is 3.67. The van der Waals surface area contributed by atoms with Gasteiger partial charge >= 0.3 is 0 Å². The molecule has 4 aromatic rings. The first-order chi connectivity index (χ1) is 25.1. The zero-order valence-electron chi connectivity index (χ0n) is 29.7. The first kappa shape index (κ1) is 38.3. The van der Waals surface area contributed by atoms with Crippen LogP contribution in [0.4, 0.5) is 5.69 Å². The number of nitrogens with one attached hydrogen (secondary N) is 1. The molecule has 52 heavy (non-hydrogen) atoms. The highest BCUT2D eigenvalue weighted by molar-refractivity contribution is 7.92. The first-order valence-electron chi connectivity index (χ1n) is 16.9. The largest absolute Gasteiger partial charge is 0.497 e. The van der Waals surface area contributed by atoms with E-state index in [4.69, 9.17) is 30.5 Å². The highest BCUT2D eigenvalue weighted by atomic mass is 35.5. The van der Waals surface area contributed by atoms with E-state index in [9.17, 15) is 18.0 Å². The maximum Gasteiger partial charge on any atom is 0.265 e. The van der Waals surface area contributed by atoms with Crippen LogP contribution in [0.5, 0.6) is 23.0 Å². The number of carbonyl (C=O) groups excluding carboxylic acids is 2. The zero-order valence-corrected chi connectivity index (χ0v) is 31.3. The van der Waals surface area contributed by atoms with Crippen molar-refractivity contribution in [1.29, 1.82) is 0 Å². The molecule has 4 aromatic carbocycles. The Morgan fingerprint density at radius 2 is 1.46 bits per heavy atom. The molecule has 276 valence electrons. The lowest BCUT2D eigenvalue weighted by Gasteiger charge is -2.34. The van der Waals surface area contributed by atoms with Gasteiger partial charge in [0.2, 0.25) is 11.8 Å². The summed E-state index contributed by atoms with van der Waals surface area (Å²) in [6.45, 7) is -0.711. The van der Waals surface area contributed by atoms with Crippen LogP contribution in [0.1, 0.15) is 36.8 Å². The topological polar surface area (TPSA) is 124 Å². The minimum absolute atomic E-state index is 0.0168. The Balaban J connectivity index is 1.64. The van der Waals surface area contributed by atoms with Crippen LogP contribution in [0.25, 0.3) is 0 Å². The van der Waals surface area contributed by atoms with Crippen LogP contribution in [0.15, 0.2) is 95.9 Å². The van der Waals surface area contributed by atoms with Gasteiger partial charge in [0, 0.05) is 36.2 Å². The van der Waals surface area contributed by atoms with Gasteiger partial charge in [-0.15, -0.1) is 0 Å². The van der Waals surface area contributed by atoms with Gasteiger partial charge in [-0.3, -0.25) is 13.9 Å². The molecule has 0 bridgehead atoms. The van der Waals surface area contributed by atoms with Crippen LogP contribution in [-0.2, 0) is 32.6 Å². The molecule has 0 aliphatic heterocycles. The number of benzene rings is 4. The molecule has 0 spiro atoms. The number of ether oxygens (including phenoxy) is 4. The number of carbonyl (C=O) groups is 2. The number of anilines is 1. The van der Waals surface area contributed by atoms with Gasteiger partial charge < -0.3 is 29.2 Å². The van der Waals surface area contributed by atoms with Crippen LogP contribution in [-0.4, -0.2) is 72.2 Å². The molecule has 0 aromatic heterocycles. The number of halogens is 1. The van der Waals surface area contributed by atoms with Gasteiger partial charge in [-0.1, -0.05) is 66.9 Å². The summed E-state index contributed by atoms with van der Waals surface area (Å²) in [5, 5.41) is 3.63. The third-order valence-corrected chi connectivity index (χ3v) is 11.1. The van der Waals surface area contributed by atoms with Gasteiger partial charge in [0.05, 0.1) is 39.0 Å². The fourth-order valence-electron chi connectivity index (χ4n) is 6.36. The highest BCUT2D eigenvalue weighted by Gasteiger charge is 2.37. The van der Waals surface area contributed by atoms with Crippen molar-refractivity contribution < 1.29 is 37.0 Å². The fraction of sp³-hybridized carbons (Fsp3) is 0.333. The number of sulfonamides is 1. The number of rotatable bonds is 16. The van der Waals surface area contributed by atoms with E-state index in [2.05, 4.69) is 5.32 Å². The molecule has 0 unspecified atom stereocenters. The molecule has 1 N–H and O–H groups in total. The summed E-state index contributed by atoms with van der Waals surface area (Å²) in [6.07, 6.45) is 3.89. The van der Waals surface area contributed by atoms with Crippen LogP contribution in [0.2, 0.25) is 5.02 Å². The zero-order chi connectivity index (χ0) is 37.3. The van der Waals surface area contributed by atoms with Gasteiger partial charge in [0.15, 0.2) is 11.5 Å². The Hall–Kier alpha value is -4.94. The smallest absolute Gasteiger partial charge is 0.265 e. The Kier molecular flexibility index (Phi) is 12.9. The van der Waals surface area contributed by atoms with Crippen LogP contribution < -0.4 is 28.6 Å². The van der Waals surface area contributed by atoms with Gasteiger partial charge in [-0.05, 0) is 60.4 Å². The second-order valence-corrected chi connectivity index (χ2v) is 14.7. The summed E-state index contributed by atoms with van der Waals surface area (Å²) in [5.41, 5.74) is 1.56. The monoisotopic (exact) mass is 749 g/mol. The van der Waals surface area contributed by atoms with Crippen molar-refractivity contribution in [2.75, 3.05) is 39.3 Å². The molecule has 1 atom stereocenters. The van der Waals surface area contributed by atoms with E-state index < -0.39 is 28.5 Å². The fourth-order valence-corrected chi connectivity index (χ4v) is 8.01. The molecule has 1 aliphatic carbocycles. The molecule has 11 nitrogen and oxygen atoms in total. The van der Waals surface area contributed by atoms with Crippen LogP contribution in [0.3, 0.4) is 0 Å². The van der Waals surface area contributed by atoms with Crippen molar-refractivity contribution in [3.8, 4) is 23.0 Å². The summed E-state index contributed by atoms with van der Waals surface area (Å²) in [5.74, 6) is 0.0772. The molecule has 0 saturated heterocycles. The second kappa shape index (κ2) is 17.5. The van der Waals surface area contributed by atoms with Crippen LogP contribution in [0, 0.1) is 0 Å². The summed E-state index contributed by atoms with van der Waals surface area (Å²) in [6, 6.07) is 24.3. The molecule has 1 fully saturated rings. The predicted octanol–water partition coefficient (Wildman–Crippen LogP) is 6.27. The summed E-state index contributed by atoms with van der Waals surface area (Å²) >= 11 is 6.38. The normalized spacial score (nSPS) is 13.6. The standard InChI is InChI=1S/C39H44ClN3O8S/c1-48-31-17-19-35(49-2)33(23-31)43(52(46,47)32-18-20-36(50-3)37(24-32)51-4)26-38(44)42(25-28-13-10-14-29(40)21-28)34(22-27-11-6-5-7-12-27)39(45)41-30-15-8-9-16-30/h5-7,10-14,17-21,23-24,30,34H,8-9,15-16,22,25-26H2,1-4H3,(H,41,45)/t34-/m0/s1. The average molecular weight is 750 g/mol. The molecule has 13 heteroatoms. The minimum atomic E-state index is -4.51. The maximum absolute atomic E-state index is 14.9. The van der Waals surface area contributed by atoms with E-state index in [1.54, 1.807) is 30.3 Å². The van der Waals surface area contributed by atoms with E-state index in [0.29, 0.717) is 22.1 Å². The molecular weight excluding hydrogens is 706 g/mol. The third kappa shape index (κ3) is 9.10. The van der Waals surface area contributed by atoms with Crippen molar-refractivity contribution in [1.82, 2.24) is 10.2 Å². The molecule has 5 rings (SSSR count). The number of hydrogen-bond donors (Lipinski definition) is 1. The van der Waals surface area contributed by atoms with Crippen molar-refractivity contribution in [3.05, 3.63) is 107 Å². The van der Waals surface area contributed by atoms with Gasteiger partial charge in [0.1, 0.15) is 24.1 Å². The minimum Gasteiger partial charge on any atom is -0.497 e. The van der Waals surface area contributed by atoms with Gasteiger partial charge in [-0.25, -0.2) is 8.42 Å². The second-order valence-electron chi connectivity index (χ2n) is 12.4. The van der Waals surface area contributed by atoms with Crippen molar-refractivity contribution in [3.63, 3.8) is 0 Å². The highest BCUT2D eigenvalue weighted by Crippen LogP contribution is 2.38. The number of hydrogen-bond acceptors (Lipinski definition) is 8. The Morgan fingerprint density at radius 1 is 0.788 bits per heavy atom. The predicted molar refractivity (Wildman–Crippen MR) is 200 cm³/mol. The van der Waals surface area contributed by atoms with E-state index in [1.165, 1.54) is 57.6 Å². The number of methoxy groups -OCH3 is 4. The van der Waals surface area contributed by atoms with E-state index in [0.717, 1.165) is 35.6 Å². The van der Waals surface area contributed by atoms with E-state index in [1.807, 2.05) is 36.4 Å². The lowest BCUT2D eigenvalue weighted by Crippen LogP contribution is -2.54. The summed E-state index contributed by atoms with van der Waals surface area (Å²) in [4.78, 5) is 30.5. The number of amides is 2. The lowest BCUT2D eigenvalue weighted by atomic mass is 10.0. The summed E-state index contributed by atoms with van der Waals surface area (Å²) in [7, 11) is 1.20. The Bertz CT molecular complexity index is 1950. The molecule has 2 amide bonds. The lowest BCUT2D eigenvalue weighted by molar-refractivity contribution is -0.140. The van der Waals surface area contributed by atoms with E-state index >= 15 is 0 Å². The maximum atomic E-state index is 14.9. The van der Waals surface area contributed by atoms with Gasteiger partial charge in [0.25, 0.3) is 10.0 Å². The van der Waals surface area contributed by atoms with Crippen molar-refractivity contribution in [2.45, 2.75) is 55.6 Å². The Morgan fingerprint density at radius 3 is 2.12 bits per heavy atom. The number of nitrogens with zero attached hydrogens (tertiary/aromatic N) is 2. The van der Waals surface area contributed by atoms with Crippen molar-refractivity contribution in [2.24, 2.45) is 0 Å². The first-order valence-corrected chi connectivity index (χ1v) is 18.7. The Labute approximate surface area is 310 Å². The summed E-state index contributed by atoms with van der Waals surface area (Å²) < 4.78 is 52.2. The van der Waals surface area contributed by atoms with Crippen molar-refractivity contribution >= 4 is 39.1 Å².